The largest absolute Gasteiger partial charge is 0.496 e. The van der Waals surface area contributed by atoms with Crippen molar-refractivity contribution in [2.45, 2.75) is 30.2 Å². The molecule has 2 aromatic rings. The quantitative estimate of drug-likeness (QED) is 0.549. The van der Waals surface area contributed by atoms with Gasteiger partial charge in [0.15, 0.2) is 0 Å². The minimum Gasteiger partial charge on any atom is -0.496 e. The number of likely N-dealkylation sites (N-methyl/N-ethyl adjacent to an activating group) is 1. The first-order chi connectivity index (χ1) is 14.9. The molecule has 32 heavy (non-hydrogen) atoms. The fourth-order valence-corrected chi connectivity index (χ4v) is 5.33. The summed E-state index contributed by atoms with van der Waals surface area (Å²) in [6, 6.07) is 10.7. The molecule has 0 fully saturated rings. The van der Waals surface area contributed by atoms with Gasteiger partial charge in [-0.25, -0.2) is 21.1 Å². The van der Waals surface area contributed by atoms with Gasteiger partial charge in [0, 0.05) is 27.2 Å². The van der Waals surface area contributed by atoms with Crippen LogP contribution >= 0.6 is 0 Å². The summed E-state index contributed by atoms with van der Waals surface area (Å²) in [5.41, 5.74) is 1.36. The summed E-state index contributed by atoms with van der Waals surface area (Å²) in [4.78, 5) is 12.6. The van der Waals surface area contributed by atoms with Gasteiger partial charge < -0.3 is 10.1 Å². The van der Waals surface area contributed by atoms with E-state index in [-0.39, 0.29) is 29.4 Å². The number of carbonyl (C=O) groups excluding carboxylic acids is 1. The van der Waals surface area contributed by atoms with Gasteiger partial charge in [0.1, 0.15) is 5.75 Å². The molecule has 0 atom stereocenters. The number of hydrogen-bond acceptors (Lipinski definition) is 6. The standard InChI is InChI=1S/C21H29N3O6S2/c1-6-24(32(28,29)19-11-12-20(30-5)16(2)13-19)15-21(25)22-14-17-7-9-18(10-8-17)31(26,27)23(3)4/h7-13H,6,14-15H2,1-5H3,(H,22,25). The lowest BCUT2D eigenvalue weighted by Crippen LogP contribution is -2.40. The molecule has 0 radical (unpaired) electrons. The Morgan fingerprint density at radius 3 is 2.06 bits per heavy atom. The Balaban J connectivity index is 2.05. The van der Waals surface area contributed by atoms with E-state index in [9.17, 15) is 21.6 Å². The molecule has 2 rings (SSSR count). The average molecular weight is 484 g/mol. The summed E-state index contributed by atoms with van der Waals surface area (Å²) in [6.45, 7) is 3.33. The molecule has 11 heteroatoms. The average Bonchev–Trinajstić information content (AvgIpc) is 2.75. The van der Waals surface area contributed by atoms with E-state index in [1.165, 1.54) is 45.5 Å². The van der Waals surface area contributed by atoms with Crippen LogP contribution in [-0.2, 0) is 31.4 Å². The second-order valence-electron chi connectivity index (χ2n) is 7.27. The monoisotopic (exact) mass is 483 g/mol. The lowest BCUT2D eigenvalue weighted by Gasteiger charge is -2.20. The van der Waals surface area contributed by atoms with Crippen LogP contribution in [0.2, 0.25) is 0 Å². The van der Waals surface area contributed by atoms with Gasteiger partial charge in [-0.1, -0.05) is 19.1 Å². The molecule has 0 aliphatic rings. The van der Waals surface area contributed by atoms with Crippen LogP contribution in [0.1, 0.15) is 18.1 Å². The Morgan fingerprint density at radius 2 is 1.56 bits per heavy atom. The van der Waals surface area contributed by atoms with Crippen molar-refractivity contribution in [2.24, 2.45) is 0 Å². The molecule has 9 nitrogen and oxygen atoms in total. The summed E-state index contributed by atoms with van der Waals surface area (Å²) < 4.78 is 57.5. The number of rotatable bonds is 10. The molecular weight excluding hydrogens is 454 g/mol. The number of carbonyl (C=O) groups is 1. The maximum absolute atomic E-state index is 13.0. The van der Waals surface area contributed by atoms with Gasteiger partial charge in [-0.3, -0.25) is 4.79 Å². The predicted octanol–water partition coefficient (Wildman–Crippen LogP) is 1.58. The maximum atomic E-state index is 13.0. The first kappa shape index (κ1) is 25.8. The molecule has 0 bridgehead atoms. The molecule has 0 spiro atoms. The summed E-state index contributed by atoms with van der Waals surface area (Å²) in [5.74, 6) is 0.111. The number of nitrogens with one attached hydrogen (secondary N) is 1. The van der Waals surface area contributed by atoms with E-state index in [1.54, 1.807) is 32.0 Å². The Morgan fingerprint density at radius 1 is 0.969 bits per heavy atom. The van der Waals surface area contributed by atoms with Gasteiger partial charge >= 0.3 is 0 Å². The van der Waals surface area contributed by atoms with Crippen molar-refractivity contribution in [1.29, 1.82) is 0 Å². The molecule has 0 aliphatic carbocycles. The highest BCUT2D eigenvalue weighted by molar-refractivity contribution is 7.89. The fraction of sp³-hybridized carbons (Fsp3) is 0.381. The van der Waals surface area contributed by atoms with Crippen LogP contribution in [0.25, 0.3) is 0 Å². The van der Waals surface area contributed by atoms with Crippen LogP contribution < -0.4 is 10.1 Å². The molecule has 0 unspecified atom stereocenters. The smallest absolute Gasteiger partial charge is 0.243 e. The zero-order valence-corrected chi connectivity index (χ0v) is 20.5. The lowest BCUT2D eigenvalue weighted by molar-refractivity contribution is -0.121. The third kappa shape index (κ3) is 5.85. The van der Waals surface area contributed by atoms with Gasteiger partial charge in [0.25, 0.3) is 0 Å². The molecule has 1 amide bonds. The molecule has 0 aliphatic heterocycles. The van der Waals surface area contributed by atoms with Gasteiger partial charge in [0.2, 0.25) is 26.0 Å². The van der Waals surface area contributed by atoms with Crippen molar-refractivity contribution in [3.8, 4) is 5.75 Å². The van der Waals surface area contributed by atoms with E-state index in [4.69, 9.17) is 4.74 Å². The SMILES string of the molecule is CCN(CC(=O)NCc1ccc(S(=O)(=O)N(C)C)cc1)S(=O)(=O)c1ccc(OC)c(C)c1. The molecule has 176 valence electrons. The van der Waals surface area contributed by atoms with Crippen molar-refractivity contribution in [3.63, 3.8) is 0 Å². The molecule has 0 saturated heterocycles. The van der Waals surface area contributed by atoms with Gasteiger partial charge in [-0.05, 0) is 48.4 Å². The Hall–Kier alpha value is -2.47. The normalized spacial score (nSPS) is 12.2. The topological polar surface area (TPSA) is 113 Å². The predicted molar refractivity (Wildman–Crippen MR) is 121 cm³/mol. The van der Waals surface area contributed by atoms with Gasteiger partial charge in [-0.2, -0.15) is 4.31 Å². The van der Waals surface area contributed by atoms with Gasteiger partial charge in [0.05, 0.1) is 23.4 Å². The fourth-order valence-electron chi connectivity index (χ4n) is 2.93. The van der Waals surface area contributed by atoms with Crippen LogP contribution in [0.3, 0.4) is 0 Å². The third-order valence-electron chi connectivity index (χ3n) is 4.87. The van der Waals surface area contributed by atoms with Crippen LogP contribution in [0.15, 0.2) is 52.3 Å². The number of hydrogen-bond donors (Lipinski definition) is 1. The number of sulfonamides is 2. The first-order valence-electron chi connectivity index (χ1n) is 9.86. The first-order valence-corrected chi connectivity index (χ1v) is 12.7. The number of aryl methyl sites for hydroxylation is 1. The second-order valence-corrected chi connectivity index (χ2v) is 11.4. The van der Waals surface area contributed by atoms with Crippen molar-refractivity contribution >= 4 is 26.0 Å². The third-order valence-corrected chi connectivity index (χ3v) is 8.61. The summed E-state index contributed by atoms with van der Waals surface area (Å²) in [7, 11) is -2.99. The van der Waals surface area contributed by atoms with Gasteiger partial charge in [-0.15, -0.1) is 0 Å². The van der Waals surface area contributed by atoms with Crippen LogP contribution in [0, 0.1) is 6.92 Å². The molecule has 1 N–H and O–H groups in total. The van der Waals surface area contributed by atoms with Crippen LogP contribution in [0.4, 0.5) is 0 Å². The van der Waals surface area contributed by atoms with Crippen molar-refractivity contribution in [2.75, 3.05) is 34.3 Å². The molecule has 0 aromatic heterocycles. The minimum atomic E-state index is -3.86. The van der Waals surface area contributed by atoms with Crippen molar-refractivity contribution in [1.82, 2.24) is 13.9 Å². The van der Waals surface area contributed by atoms with Crippen molar-refractivity contribution < 1.29 is 26.4 Å². The second kappa shape index (κ2) is 10.4. The molecule has 0 heterocycles. The summed E-state index contributed by atoms with van der Waals surface area (Å²) in [5, 5.41) is 2.67. The Bertz CT molecular complexity index is 1160. The molecule has 0 saturated carbocycles. The number of methoxy groups -OCH3 is 1. The van der Waals surface area contributed by atoms with E-state index < -0.39 is 26.0 Å². The zero-order valence-electron chi connectivity index (χ0n) is 18.8. The summed E-state index contributed by atoms with van der Waals surface area (Å²) >= 11 is 0. The summed E-state index contributed by atoms with van der Waals surface area (Å²) in [6.07, 6.45) is 0. The Kier molecular flexibility index (Phi) is 8.41. The van der Waals surface area contributed by atoms with Crippen LogP contribution in [0.5, 0.6) is 5.75 Å². The highest BCUT2D eigenvalue weighted by Crippen LogP contribution is 2.23. The highest BCUT2D eigenvalue weighted by Gasteiger charge is 2.26. The number of benzene rings is 2. The number of amides is 1. The Labute approximate surface area is 190 Å². The lowest BCUT2D eigenvalue weighted by atomic mass is 10.2. The van der Waals surface area contributed by atoms with E-state index in [1.807, 2.05) is 0 Å². The van der Waals surface area contributed by atoms with E-state index >= 15 is 0 Å². The van der Waals surface area contributed by atoms with E-state index in [2.05, 4.69) is 5.32 Å². The molecule has 2 aromatic carbocycles. The highest BCUT2D eigenvalue weighted by atomic mass is 32.2. The van der Waals surface area contributed by atoms with E-state index in [0.717, 1.165) is 8.61 Å². The van der Waals surface area contributed by atoms with Crippen LogP contribution in [-0.4, -0.2) is 65.6 Å². The van der Waals surface area contributed by atoms with E-state index in [0.29, 0.717) is 16.9 Å². The molecular formula is C21H29N3O6S2. The maximum Gasteiger partial charge on any atom is 0.243 e. The number of ether oxygens (including phenoxy) is 1. The number of nitrogens with zero attached hydrogens (tertiary/aromatic N) is 2. The minimum absolute atomic E-state index is 0.0862. The van der Waals surface area contributed by atoms with Crippen molar-refractivity contribution in [3.05, 3.63) is 53.6 Å². The zero-order chi connectivity index (χ0) is 24.1.